The molecular weight excluding hydrogens is 199 g/mol. The van der Waals surface area contributed by atoms with Crippen LogP contribution in [0.1, 0.15) is 12.5 Å². The second-order valence-corrected chi connectivity index (χ2v) is 2.67. The van der Waals surface area contributed by atoms with E-state index in [0.29, 0.717) is 6.54 Å². The van der Waals surface area contributed by atoms with Crippen LogP contribution in [0.2, 0.25) is 0 Å². The molecule has 1 rings (SSSR count). The lowest BCUT2D eigenvalue weighted by Gasteiger charge is -2.05. The third-order valence-electron chi connectivity index (χ3n) is 1.59. The van der Waals surface area contributed by atoms with Gasteiger partial charge in [-0.15, -0.1) is 0 Å². The predicted molar refractivity (Wildman–Crippen MR) is 50.8 cm³/mol. The molecule has 0 saturated carbocycles. The van der Waals surface area contributed by atoms with Gasteiger partial charge in [0, 0.05) is 6.54 Å². The summed E-state index contributed by atoms with van der Waals surface area (Å²) >= 11 is 0. The van der Waals surface area contributed by atoms with Crippen LogP contribution in [0.5, 0.6) is 5.75 Å². The number of benzene rings is 1. The van der Waals surface area contributed by atoms with Gasteiger partial charge in [-0.05, 0) is 25.1 Å². The highest BCUT2D eigenvalue weighted by molar-refractivity contribution is 5.71. The summed E-state index contributed by atoms with van der Waals surface area (Å²) in [5, 5.41) is 11.1. The summed E-state index contributed by atoms with van der Waals surface area (Å²) in [6, 6.07) is 5.11. The Morgan fingerprint density at radius 3 is 3.00 bits per heavy atom. The van der Waals surface area contributed by atoms with Gasteiger partial charge in [0.1, 0.15) is 11.9 Å². The van der Waals surface area contributed by atoms with E-state index < -0.39 is 11.9 Å². The molecule has 1 aromatic rings. The molecule has 78 valence electrons. The van der Waals surface area contributed by atoms with Crippen molar-refractivity contribution in [1.82, 2.24) is 5.32 Å². The van der Waals surface area contributed by atoms with Crippen LogP contribution < -0.4 is 10.1 Å². The average molecular weight is 208 g/mol. The van der Waals surface area contributed by atoms with Crippen LogP contribution in [-0.4, -0.2) is 12.6 Å². The van der Waals surface area contributed by atoms with Crippen molar-refractivity contribution in [3.05, 3.63) is 29.6 Å². The van der Waals surface area contributed by atoms with E-state index in [4.69, 9.17) is 10.00 Å². The number of nitrogens with one attached hydrogen (secondary N) is 1. The van der Waals surface area contributed by atoms with Gasteiger partial charge in [-0.1, -0.05) is 0 Å². The maximum absolute atomic E-state index is 12.7. The van der Waals surface area contributed by atoms with Crippen molar-refractivity contribution in [2.24, 2.45) is 0 Å². The minimum Gasteiger partial charge on any atom is -0.409 e. The number of carbonyl (C=O) groups is 1. The number of amides is 1. The highest BCUT2D eigenvalue weighted by Gasteiger charge is 2.08. The van der Waals surface area contributed by atoms with Crippen LogP contribution in [0.4, 0.5) is 9.18 Å². The maximum Gasteiger partial charge on any atom is 0.412 e. The summed E-state index contributed by atoms with van der Waals surface area (Å²) in [7, 11) is 0. The van der Waals surface area contributed by atoms with E-state index in [1.54, 1.807) is 13.0 Å². The summed E-state index contributed by atoms with van der Waals surface area (Å²) in [6.07, 6.45) is -0.666. The highest BCUT2D eigenvalue weighted by Crippen LogP contribution is 2.18. The van der Waals surface area contributed by atoms with E-state index in [0.717, 1.165) is 12.1 Å². The zero-order chi connectivity index (χ0) is 11.3. The Hall–Kier alpha value is -2.09. The lowest BCUT2D eigenvalue weighted by atomic mass is 10.2. The van der Waals surface area contributed by atoms with Gasteiger partial charge in [0.05, 0.1) is 5.56 Å². The molecule has 1 N–H and O–H groups in total. The van der Waals surface area contributed by atoms with E-state index in [1.165, 1.54) is 6.07 Å². The molecule has 5 heteroatoms. The lowest BCUT2D eigenvalue weighted by molar-refractivity contribution is 0.201. The molecule has 0 spiro atoms. The lowest BCUT2D eigenvalue weighted by Crippen LogP contribution is -2.26. The molecular formula is C10H9FN2O2. The Morgan fingerprint density at radius 1 is 1.67 bits per heavy atom. The topological polar surface area (TPSA) is 62.1 Å². The van der Waals surface area contributed by atoms with Crippen LogP contribution in [0.15, 0.2) is 18.2 Å². The normalized spacial score (nSPS) is 9.13. The van der Waals surface area contributed by atoms with Gasteiger partial charge in [0.15, 0.2) is 5.75 Å². The minimum absolute atomic E-state index is 0.0127. The molecule has 0 aromatic heterocycles. The summed E-state index contributed by atoms with van der Waals surface area (Å²) in [5.41, 5.74) is -0.0127. The standard InChI is InChI=1S/C10H9FN2O2/c1-2-13-10(14)15-9-4-3-8(11)5-7(9)6-12/h3-5H,2H2,1H3,(H,13,14). The molecule has 0 heterocycles. The third kappa shape index (κ3) is 2.95. The Balaban J connectivity index is 2.86. The first kappa shape index (κ1) is 11.0. The Labute approximate surface area is 86.3 Å². The predicted octanol–water partition coefficient (Wildman–Crippen LogP) is 1.81. The van der Waals surface area contributed by atoms with Crippen LogP contribution in [0.25, 0.3) is 0 Å². The van der Waals surface area contributed by atoms with E-state index >= 15 is 0 Å². The number of hydrogen-bond acceptors (Lipinski definition) is 3. The number of nitrogens with zero attached hydrogens (tertiary/aromatic N) is 1. The number of hydrogen-bond donors (Lipinski definition) is 1. The van der Waals surface area contributed by atoms with Gasteiger partial charge in [0.2, 0.25) is 0 Å². The third-order valence-corrected chi connectivity index (χ3v) is 1.59. The molecule has 4 nitrogen and oxygen atoms in total. The first-order valence-corrected chi connectivity index (χ1v) is 4.32. The summed E-state index contributed by atoms with van der Waals surface area (Å²) < 4.78 is 17.5. The minimum atomic E-state index is -0.666. The number of carbonyl (C=O) groups excluding carboxylic acids is 1. The molecule has 0 unspecified atom stereocenters. The molecule has 15 heavy (non-hydrogen) atoms. The second-order valence-electron chi connectivity index (χ2n) is 2.67. The Kier molecular flexibility index (Phi) is 3.63. The van der Waals surface area contributed by atoms with E-state index in [1.807, 2.05) is 0 Å². The molecule has 0 aliphatic carbocycles. The molecule has 0 aliphatic rings. The monoisotopic (exact) mass is 208 g/mol. The van der Waals surface area contributed by atoms with Gasteiger partial charge in [-0.3, -0.25) is 0 Å². The summed E-state index contributed by atoms with van der Waals surface area (Å²) in [5.74, 6) is -0.500. The maximum atomic E-state index is 12.7. The summed E-state index contributed by atoms with van der Waals surface area (Å²) in [6.45, 7) is 2.15. The molecule has 0 fully saturated rings. The molecule has 1 aromatic carbocycles. The van der Waals surface area contributed by atoms with Crippen molar-refractivity contribution in [1.29, 1.82) is 5.26 Å². The van der Waals surface area contributed by atoms with Crippen LogP contribution in [0, 0.1) is 17.1 Å². The van der Waals surface area contributed by atoms with Gasteiger partial charge in [-0.2, -0.15) is 5.26 Å². The quantitative estimate of drug-likeness (QED) is 0.806. The molecule has 0 aliphatic heterocycles. The van der Waals surface area contributed by atoms with Gasteiger partial charge < -0.3 is 10.1 Å². The number of halogens is 1. The van der Waals surface area contributed by atoms with Crippen LogP contribution in [-0.2, 0) is 0 Å². The van der Waals surface area contributed by atoms with Gasteiger partial charge in [-0.25, -0.2) is 9.18 Å². The van der Waals surface area contributed by atoms with Crippen molar-refractivity contribution in [2.75, 3.05) is 6.54 Å². The fraction of sp³-hybridized carbons (Fsp3) is 0.200. The fourth-order valence-electron chi connectivity index (χ4n) is 0.959. The molecule has 0 bridgehead atoms. The first-order valence-electron chi connectivity index (χ1n) is 4.32. The fourth-order valence-corrected chi connectivity index (χ4v) is 0.959. The largest absolute Gasteiger partial charge is 0.412 e. The van der Waals surface area contributed by atoms with Crippen molar-refractivity contribution < 1.29 is 13.9 Å². The van der Waals surface area contributed by atoms with Gasteiger partial charge in [0.25, 0.3) is 0 Å². The zero-order valence-electron chi connectivity index (χ0n) is 8.08. The van der Waals surface area contributed by atoms with E-state index in [2.05, 4.69) is 5.32 Å². The zero-order valence-corrected chi connectivity index (χ0v) is 8.08. The Bertz CT molecular complexity index is 412. The van der Waals surface area contributed by atoms with E-state index in [9.17, 15) is 9.18 Å². The van der Waals surface area contributed by atoms with Crippen LogP contribution in [0.3, 0.4) is 0 Å². The Morgan fingerprint density at radius 2 is 2.40 bits per heavy atom. The van der Waals surface area contributed by atoms with E-state index in [-0.39, 0.29) is 11.3 Å². The van der Waals surface area contributed by atoms with Crippen LogP contribution >= 0.6 is 0 Å². The highest BCUT2D eigenvalue weighted by atomic mass is 19.1. The smallest absolute Gasteiger partial charge is 0.409 e. The molecule has 0 saturated heterocycles. The van der Waals surface area contributed by atoms with Crippen molar-refractivity contribution in [2.45, 2.75) is 6.92 Å². The van der Waals surface area contributed by atoms with Gasteiger partial charge >= 0.3 is 6.09 Å². The molecule has 0 radical (unpaired) electrons. The average Bonchev–Trinajstić information content (AvgIpc) is 2.21. The number of rotatable bonds is 2. The first-order chi connectivity index (χ1) is 7.17. The SMILES string of the molecule is CCNC(=O)Oc1ccc(F)cc1C#N. The summed E-state index contributed by atoms with van der Waals surface area (Å²) in [4.78, 5) is 11.0. The van der Waals surface area contributed by atoms with Crippen molar-refractivity contribution in [3.63, 3.8) is 0 Å². The molecule has 1 amide bonds. The number of ether oxygens (including phenoxy) is 1. The van der Waals surface area contributed by atoms with Crippen molar-refractivity contribution in [3.8, 4) is 11.8 Å². The van der Waals surface area contributed by atoms with Crippen molar-refractivity contribution >= 4 is 6.09 Å². The second kappa shape index (κ2) is 4.96. The molecule has 0 atom stereocenters. The number of nitriles is 1.